The average Bonchev–Trinajstić information content (AvgIpc) is 2.68. The first-order valence-corrected chi connectivity index (χ1v) is 6.99. The fraction of sp³-hybridized carbons (Fsp3) is 0.438. The van der Waals surface area contributed by atoms with Gasteiger partial charge in [-0.25, -0.2) is 0 Å². The standard InChI is InChI=1S/C16H23N3/c1-13-16(10-11-17)14(2)19(18-13)12-6-9-15-7-4-3-5-8-15/h3-5,7-8H,6,9-12,17H2,1-2H3. The second-order valence-electron chi connectivity index (χ2n) is 5.00. The first-order valence-electron chi connectivity index (χ1n) is 6.99. The normalized spacial score (nSPS) is 10.9. The molecule has 1 aromatic carbocycles. The molecule has 0 aliphatic heterocycles. The molecule has 0 saturated heterocycles. The van der Waals surface area contributed by atoms with Crippen LogP contribution in [0, 0.1) is 13.8 Å². The molecule has 0 radical (unpaired) electrons. The molecular formula is C16H23N3. The van der Waals surface area contributed by atoms with Gasteiger partial charge >= 0.3 is 0 Å². The van der Waals surface area contributed by atoms with Gasteiger partial charge in [0.05, 0.1) is 5.69 Å². The lowest BCUT2D eigenvalue weighted by Crippen LogP contribution is -2.06. The summed E-state index contributed by atoms with van der Waals surface area (Å²) in [5.41, 5.74) is 10.8. The van der Waals surface area contributed by atoms with Crippen LogP contribution in [0.2, 0.25) is 0 Å². The molecule has 1 aromatic heterocycles. The zero-order valence-electron chi connectivity index (χ0n) is 11.9. The van der Waals surface area contributed by atoms with Crippen LogP contribution in [-0.4, -0.2) is 16.3 Å². The van der Waals surface area contributed by atoms with Crippen molar-refractivity contribution in [2.24, 2.45) is 5.73 Å². The maximum atomic E-state index is 5.65. The van der Waals surface area contributed by atoms with Gasteiger partial charge in [-0.15, -0.1) is 0 Å². The molecule has 2 N–H and O–H groups in total. The van der Waals surface area contributed by atoms with Gasteiger partial charge in [0.2, 0.25) is 0 Å². The van der Waals surface area contributed by atoms with Crippen molar-refractivity contribution in [3.63, 3.8) is 0 Å². The van der Waals surface area contributed by atoms with Crippen molar-refractivity contribution in [1.82, 2.24) is 9.78 Å². The van der Waals surface area contributed by atoms with Crippen molar-refractivity contribution >= 4 is 0 Å². The third-order valence-corrected chi connectivity index (χ3v) is 3.60. The van der Waals surface area contributed by atoms with E-state index in [4.69, 9.17) is 5.73 Å². The van der Waals surface area contributed by atoms with Gasteiger partial charge in [0.15, 0.2) is 0 Å². The molecule has 19 heavy (non-hydrogen) atoms. The van der Waals surface area contributed by atoms with E-state index in [2.05, 4.69) is 54.0 Å². The van der Waals surface area contributed by atoms with Crippen LogP contribution in [-0.2, 0) is 19.4 Å². The number of aromatic nitrogens is 2. The minimum absolute atomic E-state index is 0.692. The van der Waals surface area contributed by atoms with E-state index in [9.17, 15) is 0 Å². The summed E-state index contributed by atoms with van der Waals surface area (Å²) in [4.78, 5) is 0. The van der Waals surface area contributed by atoms with E-state index in [-0.39, 0.29) is 0 Å². The van der Waals surface area contributed by atoms with Crippen molar-refractivity contribution in [1.29, 1.82) is 0 Å². The van der Waals surface area contributed by atoms with Crippen molar-refractivity contribution in [2.75, 3.05) is 6.54 Å². The highest BCUT2D eigenvalue weighted by Crippen LogP contribution is 2.14. The molecule has 2 aromatic rings. The molecule has 1 heterocycles. The van der Waals surface area contributed by atoms with Gasteiger partial charge in [-0.05, 0) is 50.8 Å². The Balaban J connectivity index is 1.95. The van der Waals surface area contributed by atoms with Crippen molar-refractivity contribution in [3.05, 3.63) is 52.8 Å². The lowest BCUT2D eigenvalue weighted by atomic mass is 10.1. The van der Waals surface area contributed by atoms with Gasteiger partial charge in [0.25, 0.3) is 0 Å². The monoisotopic (exact) mass is 257 g/mol. The van der Waals surface area contributed by atoms with E-state index in [1.807, 2.05) is 0 Å². The van der Waals surface area contributed by atoms with E-state index in [0.717, 1.165) is 31.5 Å². The van der Waals surface area contributed by atoms with E-state index in [1.54, 1.807) is 0 Å². The molecule has 3 heteroatoms. The molecular weight excluding hydrogens is 234 g/mol. The molecule has 0 saturated carbocycles. The van der Waals surface area contributed by atoms with Crippen LogP contribution in [0.3, 0.4) is 0 Å². The zero-order chi connectivity index (χ0) is 13.7. The number of nitrogens with zero attached hydrogens (tertiary/aromatic N) is 2. The lowest BCUT2D eigenvalue weighted by molar-refractivity contribution is 0.561. The van der Waals surface area contributed by atoms with E-state index < -0.39 is 0 Å². The lowest BCUT2D eigenvalue weighted by Gasteiger charge is -2.05. The second kappa shape index (κ2) is 6.53. The first kappa shape index (κ1) is 13.8. The largest absolute Gasteiger partial charge is 0.330 e. The van der Waals surface area contributed by atoms with Gasteiger partial charge in [-0.1, -0.05) is 30.3 Å². The Morgan fingerprint density at radius 3 is 2.53 bits per heavy atom. The van der Waals surface area contributed by atoms with Crippen LogP contribution < -0.4 is 5.73 Å². The Morgan fingerprint density at radius 1 is 1.11 bits per heavy atom. The molecule has 0 spiro atoms. The highest BCUT2D eigenvalue weighted by molar-refractivity contribution is 5.24. The predicted octanol–water partition coefficient (Wildman–Crippen LogP) is 2.63. The number of nitrogens with two attached hydrogens (primary N) is 1. The molecule has 2 rings (SSSR count). The van der Waals surface area contributed by atoms with Gasteiger partial charge in [-0.3, -0.25) is 4.68 Å². The third-order valence-electron chi connectivity index (χ3n) is 3.60. The van der Waals surface area contributed by atoms with Crippen LogP contribution in [0.25, 0.3) is 0 Å². The maximum absolute atomic E-state index is 5.65. The third kappa shape index (κ3) is 3.44. The zero-order valence-corrected chi connectivity index (χ0v) is 11.9. The first-order chi connectivity index (χ1) is 9.22. The Hall–Kier alpha value is -1.61. The average molecular weight is 257 g/mol. The summed E-state index contributed by atoms with van der Waals surface area (Å²) in [5, 5.41) is 4.62. The van der Waals surface area contributed by atoms with Crippen molar-refractivity contribution < 1.29 is 0 Å². The summed E-state index contributed by atoms with van der Waals surface area (Å²) in [5.74, 6) is 0. The van der Waals surface area contributed by atoms with Crippen LogP contribution in [0.1, 0.15) is 28.9 Å². The fourth-order valence-corrected chi connectivity index (χ4v) is 2.54. The summed E-state index contributed by atoms with van der Waals surface area (Å²) in [6.07, 6.45) is 3.15. The molecule has 0 bridgehead atoms. The molecule has 0 fully saturated rings. The molecule has 3 nitrogen and oxygen atoms in total. The smallest absolute Gasteiger partial charge is 0.0628 e. The molecule has 0 aliphatic carbocycles. The maximum Gasteiger partial charge on any atom is 0.0628 e. The summed E-state index contributed by atoms with van der Waals surface area (Å²) in [7, 11) is 0. The summed E-state index contributed by atoms with van der Waals surface area (Å²) >= 11 is 0. The van der Waals surface area contributed by atoms with Crippen molar-refractivity contribution in [2.45, 2.75) is 39.7 Å². The second-order valence-corrected chi connectivity index (χ2v) is 5.00. The summed E-state index contributed by atoms with van der Waals surface area (Å²) < 4.78 is 2.13. The summed E-state index contributed by atoms with van der Waals surface area (Å²) in [6.45, 7) is 5.89. The highest BCUT2D eigenvalue weighted by Gasteiger charge is 2.10. The highest BCUT2D eigenvalue weighted by atomic mass is 15.3. The summed E-state index contributed by atoms with van der Waals surface area (Å²) in [6, 6.07) is 10.6. The Kier molecular flexibility index (Phi) is 4.74. The Labute approximate surface area is 115 Å². The van der Waals surface area contributed by atoms with E-state index in [0.29, 0.717) is 6.54 Å². The van der Waals surface area contributed by atoms with Crippen LogP contribution >= 0.6 is 0 Å². The minimum atomic E-state index is 0.692. The fourth-order valence-electron chi connectivity index (χ4n) is 2.54. The van der Waals surface area contributed by atoms with Crippen LogP contribution in [0.5, 0.6) is 0 Å². The van der Waals surface area contributed by atoms with Gasteiger partial charge in [0.1, 0.15) is 0 Å². The number of aryl methyl sites for hydroxylation is 3. The predicted molar refractivity (Wildman–Crippen MR) is 79.2 cm³/mol. The van der Waals surface area contributed by atoms with E-state index in [1.165, 1.54) is 16.8 Å². The Bertz CT molecular complexity index is 514. The molecule has 0 amide bonds. The minimum Gasteiger partial charge on any atom is -0.330 e. The number of hydrogen-bond donors (Lipinski definition) is 1. The van der Waals surface area contributed by atoms with Crippen LogP contribution in [0.15, 0.2) is 30.3 Å². The van der Waals surface area contributed by atoms with Crippen molar-refractivity contribution in [3.8, 4) is 0 Å². The molecule has 0 unspecified atom stereocenters. The SMILES string of the molecule is Cc1nn(CCCc2ccccc2)c(C)c1CCN. The van der Waals surface area contributed by atoms with Crippen LogP contribution in [0.4, 0.5) is 0 Å². The molecule has 0 aliphatic rings. The van der Waals surface area contributed by atoms with Gasteiger partial charge in [-0.2, -0.15) is 5.10 Å². The molecule has 0 atom stereocenters. The topological polar surface area (TPSA) is 43.8 Å². The Morgan fingerprint density at radius 2 is 1.84 bits per heavy atom. The van der Waals surface area contributed by atoms with Gasteiger partial charge in [0, 0.05) is 12.2 Å². The van der Waals surface area contributed by atoms with Gasteiger partial charge < -0.3 is 5.73 Å². The number of hydrogen-bond acceptors (Lipinski definition) is 2. The quantitative estimate of drug-likeness (QED) is 0.864. The molecule has 102 valence electrons. The number of benzene rings is 1. The number of rotatable bonds is 6. The van der Waals surface area contributed by atoms with E-state index >= 15 is 0 Å².